The minimum Gasteiger partial charge on any atom is -0.206 e. The minimum atomic E-state index is -0.178. The van der Waals surface area contributed by atoms with Crippen molar-refractivity contribution in [1.29, 1.82) is 0 Å². The molecule has 1 saturated carbocycles. The molecule has 0 radical (unpaired) electrons. The van der Waals surface area contributed by atoms with Gasteiger partial charge in [0.1, 0.15) is 5.82 Å². The van der Waals surface area contributed by atoms with Crippen LogP contribution in [0.2, 0.25) is 0 Å². The minimum absolute atomic E-state index is 0.178. The summed E-state index contributed by atoms with van der Waals surface area (Å²) in [5.74, 6) is 1.60. The standard InChI is InChI=1S/C27H39FN2/c1-3-5-7-8-21-10-12-22(13-11-21)14-15-23-16-18-25(26(28)20-23)27-19-17-24(29-30-27)9-6-4-2/h16-22H,3-15H2,1-2H3/t21-,22-. The Hall–Kier alpha value is -1.77. The fourth-order valence-corrected chi connectivity index (χ4v) is 4.78. The molecule has 0 N–H and O–H groups in total. The molecular weight excluding hydrogens is 371 g/mol. The Balaban J connectivity index is 1.48. The average molecular weight is 411 g/mol. The number of aromatic nitrogens is 2. The number of hydrogen-bond donors (Lipinski definition) is 0. The lowest BCUT2D eigenvalue weighted by Crippen LogP contribution is -2.15. The molecule has 0 unspecified atom stereocenters. The number of benzene rings is 1. The van der Waals surface area contributed by atoms with Crippen molar-refractivity contribution in [2.75, 3.05) is 0 Å². The largest absolute Gasteiger partial charge is 0.206 e. The monoisotopic (exact) mass is 410 g/mol. The Labute approximate surface area is 182 Å². The fourth-order valence-electron chi connectivity index (χ4n) is 4.78. The van der Waals surface area contributed by atoms with Crippen molar-refractivity contribution in [2.24, 2.45) is 11.8 Å². The third kappa shape index (κ3) is 6.89. The summed E-state index contributed by atoms with van der Waals surface area (Å²) in [6, 6.07) is 9.53. The Morgan fingerprint density at radius 3 is 2.17 bits per heavy atom. The first-order chi connectivity index (χ1) is 14.7. The zero-order valence-electron chi connectivity index (χ0n) is 19.0. The van der Waals surface area contributed by atoms with Crippen LogP contribution in [-0.2, 0) is 12.8 Å². The van der Waals surface area contributed by atoms with E-state index in [4.69, 9.17) is 0 Å². The maximum Gasteiger partial charge on any atom is 0.132 e. The van der Waals surface area contributed by atoms with E-state index in [-0.39, 0.29) is 5.82 Å². The number of nitrogens with zero attached hydrogens (tertiary/aromatic N) is 2. The normalized spacial score (nSPS) is 19.2. The molecule has 1 heterocycles. The molecule has 1 fully saturated rings. The van der Waals surface area contributed by atoms with Gasteiger partial charge in [-0.05, 0) is 67.3 Å². The molecule has 0 bridgehead atoms. The second kappa shape index (κ2) is 12.2. The molecule has 2 nitrogen and oxygen atoms in total. The quantitative estimate of drug-likeness (QED) is 0.351. The zero-order valence-corrected chi connectivity index (χ0v) is 19.0. The topological polar surface area (TPSA) is 25.8 Å². The van der Waals surface area contributed by atoms with Gasteiger partial charge in [-0.3, -0.25) is 0 Å². The summed E-state index contributed by atoms with van der Waals surface area (Å²) in [4.78, 5) is 0. The van der Waals surface area contributed by atoms with E-state index in [1.54, 1.807) is 6.07 Å². The Kier molecular flexibility index (Phi) is 9.29. The Bertz CT molecular complexity index is 748. The predicted molar refractivity (Wildman–Crippen MR) is 124 cm³/mol. The maximum atomic E-state index is 14.7. The molecule has 0 aliphatic heterocycles. The second-order valence-corrected chi connectivity index (χ2v) is 9.25. The molecule has 0 saturated heterocycles. The van der Waals surface area contributed by atoms with E-state index in [2.05, 4.69) is 30.1 Å². The van der Waals surface area contributed by atoms with Gasteiger partial charge in [0.25, 0.3) is 0 Å². The summed E-state index contributed by atoms with van der Waals surface area (Å²) in [6.07, 6.45) is 16.4. The molecule has 3 rings (SSSR count). The van der Waals surface area contributed by atoms with Crippen molar-refractivity contribution in [2.45, 2.75) is 97.3 Å². The van der Waals surface area contributed by atoms with E-state index in [0.29, 0.717) is 11.3 Å². The number of aryl methyl sites for hydroxylation is 2. The van der Waals surface area contributed by atoms with Gasteiger partial charge in [0, 0.05) is 5.56 Å². The average Bonchev–Trinajstić information content (AvgIpc) is 2.78. The Morgan fingerprint density at radius 2 is 1.53 bits per heavy atom. The molecule has 3 heteroatoms. The van der Waals surface area contributed by atoms with Crippen LogP contribution in [0.15, 0.2) is 30.3 Å². The van der Waals surface area contributed by atoms with Crippen LogP contribution < -0.4 is 0 Å². The van der Waals surface area contributed by atoms with Gasteiger partial charge < -0.3 is 0 Å². The van der Waals surface area contributed by atoms with Gasteiger partial charge in [0.05, 0.1) is 11.4 Å². The molecule has 30 heavy (non-hydrogen) atoms. The van der Waals surface area contributed by atoms with E-state index in [9.17, 15) is 4.39 Å². The molecule has 1 aliphatic carbocycles. The highest BCUT2D eigenvalue weighted by atomic mass is 19.1. The van der Waals surface area contributed by atoms with E-state index in [0.717, 1.165) is 48.8 Å². The smallest absolute Gasteiger partial charge is 0.132 e. The lowest BCUT2D eigenvalue weighted by molar-refractivity contribution is 0.249. The van der Waals surface area contributed by atoms with Gasteiger partial charge in [-0.2, -0.15) is 10.2 Å². The summed E-state index contributed by atoms with van der Waals surface area (Å²) >= 11 is 0. The maximum absolute atomic E-state index is 14.7. The van der Waals surface area contributed by atoms with Crippen molar-refractivity contribution in [3.8, 4) is 11.3 Å². The molecule has 2 aromatic rings. The summed E-state index contributed by atoms with van der Waals surface area (Å²) in [5.41, 5.74) is 3.27. The first-order valence-electron chi connectivity index (χ1n) is 12.3. The van der Waals surface area contributed by atoms with Crippen LogP contribution in [0.3, 0.4) is 0 Å². The van der Waals surface area contributed by atoms with Gasteiger partial charge in [-0.1, -0.05) is 77.7 Å². The highest BCUT2D eigenvalue weighted by Crippen LogP contribution is 2.34. The van der Waals surface area contributed by atoms with Gasteiger partial charge in [-0.25, -0.2) is 4.39 Å². The molecule has 0 amide bonds. The molecule has 1 aliphatic rings. The van der Waals surface area contributed by atoms with Crippen molar-refractivity contribution < 1.29 is 4.39 Å². The van der Waals surface area contributed by atoms with Crippen LogP contribution >= 0.6 is 0 Å². The van der Waals surface area contributed by atoms with Crippen molar-refractivity contribution >= 4 is 0 Å². The highest BCUT2D eigenvalue weighted by molar-refractivity contribution is 5.59. The third-order valence-electron chi connectivity index (χ3n) is 6.84. The summed E-state index contributed by atoms with van der Waals surface area (Å²) in [5, 5.41) is 8.52. The lowest BCUT2D eigenvalue weighted by Gasteiger charge is -2.28. The van der Waals surface area contributed by atoms with Crippen LogP contribution in [0, 0.1) is 17.7 Å². The van der Waals surface area contributed by atoms with Crippen LogP contribution in [0.25, 0.3) is 11.3 Å². The SMILES string of the molecule is CCCCC[C@H]1CC[C@H](CCc2ccc(-c3ccc(CCCC)nn3)c(F)c2)CC1. The fraction of sp³-hybridized carbons (Fsp3) is 0.630. The number of halogens is 1. The van der Waals surface area contributed by atoms with E-state index in [1.165, 1.54) is 57.8 Å². The van der Waals surface area contributed by atoms with Crippen LogP contribution in [-0.4, -0.2) is 10.2 Å². The molecular formula is C27H39FN2. The summed E-state index contributed by atoms with van der Waals surface area (Å²) in [7, 11) is 0. The molecule has 1 aromatic heterocycles. The van der Waals surface area contributed by atoms with Gasteiger partial charge >= 0.3 is 0 Å². The highest BCUT2D eigenvalue weighted by Gasteiger charge is 2.20. The van der Waals surface area contributed by atoms with Gasteiger partial charge in [0.15, 0.2) is 0 Å². The van der Waals surface area contributed by atoms with Gasteiger partial charge in [-0.15, -0.1) is 0 Å². The van der Waals surface area contributed by atoms with Crippen LogP contribution in [0.1, 0.15) is 95.7 Å². The van der Waals surface area contributed by atoms with Crippen molar-refractivity contribution in [3.05, 3.63) is 47.4 Å². The van der Waals surface area contributed by atoms with Crippen molar-refractivity contribution in [1.82, 2.24) is 10.2 Å². The van der Waals surface area contributed by atoms with Crippen LogP contribution in [0.4, 0.5) is 4.39 Å². The van der Waals surface area contributed by atoms with Crippen LogP contribution in [0.5, 0.6) is 0 Å². The molecule has 0 atom stereocenters. The zero-order chi connectivity index (χ0) is 21.2. The number of unbranched alkanes of at least 4 members (excludes halogenated alkanes) is 3. The van der Waals surface area contributed by atoms with E-state index < -0.39 is 0 Å². The molecule has 1 aromatic carbocycles. The molecule has 164 valence electrons. The van der Waals surface area contributed by atoms with Crippen molar-refractivity contribution in [3.63, 3.8) is 0 Å². The molecule has 0 spiro atoms. The third-order valence-corrected chi connectivity index (χ3v) is 6.84. The number of rotatable bonds is 11. The first kappa shape index (κ1) is 22.9. The Morgan fingerprint density at radius 1 is 0.800 bits per heavy atom. The number of hydrogen-bond acceptors (Lipinski definition) is 2. The first-order valence-corrected chi connectivity index (χ1v) is 12.3. The van der Waals surface area contributed by atoms with Gasteiger partial charge in [0.2, 0.25) is 0 Å². The van der Waals surface area contributed by atoms with E-state index >= 15 is 0 Å². The summed E-state index contributed by atoms with van der Waals surface area (Å²) < 4.78 is 14.7. The predicted octanol–water partition coefficient (Wildman–Crippen LogP) is 7.94. The van der Waals surface area contributed by atoms with E-state index in [1.807, 2.05) is 18.2 Å². The lowest BCUT2D eigenvalue weighted by atomic mass is 9.78. The summed E-state index contributed by atoms with van der Waals surface area (Å²) in [6.45, 7) is 4.45. The second-order valence-electron chi connectivity index (χ2n) is 9.25.